The zero-order valence-electron chi connectivity index (χ0n) is 12.4. The van der Waals surface area contributed by atoms with Gasteiger partial charge < -0.3 is 4.90 Å². The summed E-state index contributed by atoms with van der Waals surface area (Å²) in [6.45, 7) is 4.13. The molecule has 5 rings (SSSR count). The van der Waals surface area contributed by atoms with Crippen molar-refractivity contribution < 1.29 is 4.79 Å². The molecule has 1 saturated carbocycles. The van der Waals surface area contributed by atoms with Crippen molar-refractivity contribution in [3.05, 3.63) is 12.2 Å². The highest BCUT2D eigenvalue weighted by Crippen LogP contribution is 2.33. The molecule has 1 aromatic rings. The molecule has 1 aromatic heterocycles. The largest absolute Gasteiger partial charge is 0.334 e. The first-order chi connectivity index (χ1) is 10.3. The molecule has 0 aromatic carbocycles. The lowest BCUT2D eigenvalue weighted by Gasteiger charge is -2.40. The monoisotopic (exact) mass is 289 g/mol. The Balaban J connectivity index is 1.46. The Bertz CT molecular complexity index is 498. The SMILES string of the molecule is O=C(c1ncn[nH]1)N1C[C@H]2CC[C@@H](C1)N(CC1CCC1)C2. The van der Waals surface area contributed by atoms with Crippen LogP contribution in [0.25, 0.3) is 0 Å². The molecule has 2 bridgehead atoms. The highest BCUT2D eigenvalue weighted by Gasteiger charge is 2.38. The van der Waals surface area contributed by atoms with Gasteiger partial charge in [-0.25, -0.2) is 4.98 Å². The van der Waals surface area contributed by atoms with Crippen molar-refractivity contribution in [3.8, 4) is 0 Å². The molecular weight excluding hydrogens is 266 g/mol. The molecule has 4 aliphatic rings. The van der Waals surface area contributed by atoms with E-state index in [1.165, 1.54) is 51.5 Å². The summed E-state index contributed by atoms with van der Waals surface area (Å²) in [5.41, 5.74) is 0. The first-order valence-electron chi connectivity index (χ1n) is 8.18. The summed E-state index contributed by atoms with van der Waals surface area (Å²) in [6, 6.07) is 0.538. The molecule has 0 radical (unpaired) electrons. The molecule has 3 saturated heterocycles. The quantitative estimate of drug-likeness (QED) is 0.906. The number of hydrogen-bond donors (Lipinski definition) is 1. The third-order valence-electron chi connectivity index (χ3n) is 5.45. The summed E-state index contributed by atoms with van der Waals surface area (Å²) < 4.78 is 0. The van der Waals surface area contributed by atoms with Crippen LogP contribution in [0, 0.1) is 11.8 Å². The molecule has 1 aliphatic carbocycles. The fourth-order valence-corrected chi connectivity index (χ4v) is 4.03. The van der Waals surface area contributed by atoms with Crippen LogP contribution in [0.1, 0.15) is 42.7 Å². The van der Waals surface area contributed by atoms with E-state index in [0.29, 0.717) is 17.8 Å². The van der Waals surface area contributed by atoms with Gasteiger partial charge in [-0.15, -0.1) is 0 Å². The van der Waals surface area contributed by atoms with Gasteiger partial charge in [-0.05, 0) is 37.5 Å². The second-order valence-corrected chi connectivity index (χ2v) is 6.89. The van der Waals surface area contributed by atoms with Crippen molar-refractivity contribution in [3.63, 3.8) is 0 Å². The summed E-state index contributed by atoms with van der Waals surface area (Å²) in [6.07, 6.45) is 8.10. The minimum atomic E-state index is 0.00916. The summed E-state index contributed by atoms with van der Waals surface area (Å²) >= 11 is 0. The van der Waals surface area contributed by atoms with E-state index in [1.807, 2.05) is 4.90 Å². The summed E-state index contributed by atoms with van der Waals surface area (Å²) in [5.74, 6) is 1.91. The maximum atomic E-state index is 12.5. The number of fused-ring (bicyclic) bond motifs is 4. The summed E-state index contributed by atoms with van der Waals surface area (Å²) in [7, 11) is 0. The van der Waals surface area contributed by atoms with Crippen molar-refractivity contribution >= 4 is 5.91 Å². The van der Waals surface area contributed by atoms with Crippen LogP contribution >= 0.6 is 0 Å². The lowest BCUT2D eigenvalue weighted by Crippen LogP contribution is -2.47. The van der Waals surface area contributed by atoms with Crippen LogP contribution in [0.3, 0.4) is 0 Å². The summed E-state index contributed by atoms with van der Waals surface area (Å²) in [4.78, 5) is 21.2. The number of amides is 1. The molecule has 6 heteroatoms. The highest BCUT2D eigenvalue weighted by molar-refractivity contribution is 5.90. The normalized spacial score (nSPS) is 30.2. The van der Waals surface area contributed by atoms with E-state index in [1.54, 1.807) is 0 Å². The van der Waals surface area contributed by atoms with Crippen LogP contribution in [-0.4, -0.2) is 63.1 Å². The number of hydrogen-bond acceptors (Lipinski definition) is 4. The number of aromatic amines is 1. The van der Waals surface area contributed by atoms with Crippen LogP contribution in [-0.2, 0) is 0 Å². The lowest BCUT2D eigenvalue weighted by molar-refractivity contribution is 0.0706. The van der Waals surface area contributed by atoms with Crippen LogP contribution in [0.5, 0.6) is 0 Å². The fraction of sp³-hybridized carbons (Fsp3) is 0.800. The zero-order valence-corrected chi connectivity index (χ0v) is 12.4. The van der Waals surface area contributed by atoms with Gasteiger partial charge in [0, 0.05) is 32.2 Å². The van der Waals surface area contributed by atoms with E-state index in [4.69, 9.17) is 0 Å². The molecule has 6 nitrogen and oxygen atoms in total. The van der Waals surface area contributed by atoms with Crippen molar-refractivity contribution in [2.45, 2.75) is 38.1 Å². The van der Waals surface area contributed by atoms with Crippen LogP contribution in [0.4, 0.5) is 0 Å². The number of carbonyl (C=O) groups excluding carboxylic acids is 1. The van der Waals surface area contributed by atoms with Crippen molar-refractivity contribution in [1.82, 2.24) is 25.0 Å². The second kappa shape index (κ2) is 5.40. The lowest BCUT2D eigenvalue weighted by atomic mass is 9.83. The Morgan fingerprint density at radius 1 is 1.24 bits per heavy atom. The molecule has 114 valence electrons. The molecule has 4 heterocycles. The molecule has 21 heavy (non-hydrogen) atoms. The third kappa shape index (κ3) is 2.57. The van der Waals surface area contributed by atoms with Gasteiger partial charge >= 0.3 is 0 Å². The highest BCUT2D eigenvalue weighted by atomic mass is 16.2. The Hall–Kier alpha value is -1.43. The van der Waals surface area contributed by atoms with Crippen molar-refractivity contribution in [2.24, 2.45) is 11.8 Å². The van der Waals surface area contributed by atoms with Gasteiger partial charge in [-0.2, -0.15) is 5.10 Å². The predicted octanol–water partition coefficient (Wildman–Crippen LogP) is 1.14. The van der Waals surface area contributed by atoms with Gasteiger partial charge in [-0.3, -0.25) is 14.8 Å². The van der Waals surface area contributed by atoms with Gasteiger partial charge in [0.05, 0.1) is 0 Å². The topological polar surface area (TPSA) is 65.1 Å². The summed E-state index contributed by atoms with van der Waals surface area (Å²) in [5, 5.41) is 6.49. The number of nitrogens with one attached hydrogen (secondary N) is 1. The van der Waals surface area contributed by atoms with Gasteiger partial charge in [0.15, 0.2) is 0 Å². The Labute approximate surface area is 124 Å². The molecule has 0 unspecified atom stereocenters. The fourth-order valence-electron chi connectivity index (χ4n) is 4.03. The number of carbonyl (C=O) groups is 1. The standard InChI is InChI=1S/C15H23N5O/c21-15(14-16-10-17-18-14)20-8-12-4-5-13(9-20)19(7-12)6-11-2-1-3-11/h10-13H,1-9H2,(H,16,17,18)/t12-,13-/m0/s1. The molecule has 1 amide bonds. The minimum Gasteiger partial charge on any atom is -0.334 e. The number of aromatic nitrogens is 3. The average Bonchev–Trinajstić information content (AvgIpc) is 2.83. The maximum absolute atomic E-state index is 12.5. The van der Waals surface area contributed by atoms with Gasteiger partial charge in [0.25, 0.3) is 5.91 Å². The smallest absolute Gasteiger partial charge is 0.291 e. The molecule has 2 atom stereocenters. The third-order valence-corrected chi connectivity index (χ3v) is 5.45. The average molecular weight is 289 g/mol. The van der Waals surface area contributed by atoms with Crippen molar-refractivity contribution in [2.75, 3.05) is 26.2 Å². The van der Waals surface area contributed by atoms with Crippen LogP contribution in [0.15, 0.2) is 6.33 Å². The van der Waals surface area contributed by atoms with Crippen LogP contribution < -0.4 is 0 Å². The molecule has 0 spiro atoms. The number of nitrogens with zero attached hydrogens (tertiary/aromatic N) is 4. The Kier molecular flexibility index (Phi) is 3.41. The van der Waals surface area contributed by atoms with Gasteiger partial charge in [0.1, 0.15) is 6.33 Å². The second-order valence-electron chi connectivity index (χ2n) is 6.89. The first-order valence-corrected chi connectivity index (χ1v) is 8.18. The van der Waals surface area contributed by atoms with E-state index in [9.17, 15) is 4.79 Å². The Morgan fingerprint density at radius 3 is 2.86 bits per heavy atom. The van der Waals surface area contributed by atoms with Crippen LogP contribution in [0.2, 0.25) is 0 Å². The number of piperidine rings is 1. The van der Waals surface area contributed by atoms with Gasteiger partial charge in [0.2, 0.25) is 5.82 Å². The molecule has 4 fully saturated rings. The molecule has 3 aliphatic heterocycles. The maximum Gasteiger partial charge on any atom is 0.291 e. The van der Waals surface area contributed by atoms with Crippen molar-refractivity contribution in [1.29, 1.82) is 0 Å². The first kappa shape index (κ1) is 13.2. The number of H-pyrrole nitrogens is 1. The molecular formula is C15H23N5O. The number of rotatable bonds is 3. The van der Waals surface area contributed by atoms with E-state index in [0.717, 1.165) is 19.0 Å². The van der Waals surface area contributed by atoms with E-state index in [2.05, 4.69) is 20.1 Å². The zero-order chi connectivity index (χ0) is 14.2. The van der Waals surface area contributed by atoms with E-state index in [-0.39, 0.29) is 5.91 Å². The van der Waals surface area contributed by atoms with E-state index < -0.39 is 0 Å². The minimum absolute atomic E-state index is 0.00916. The molecule has 1 N–H and O–H groups in total. The Morgan fingerprint density at radius 2 is 2.14 bits per heavy atom. The van der Waals surface area contributed by atoms with E-state index >= 15 is 0 Å². The van der Waals surface area contributed by atoms with Gasteiger partial charge in [-0.1, -0.05) is 6.42 Å². The predicted molar refractivity (Wildman–Crippen MR) is 77.7 cm³/mol.